The Hall–Kier alpha value is -3.47. The van der Waals surface area contributed by atoms with Gasteiger partial charge < -0.3 is 14.8 Å². The van der Waals surface area contributed by atoms with Crippen LogP contribution in [-0.2, 0) is 24.3 Å². The van der Waals surface area contributed by atoms with Crippen molar-refractivity contribution in [3.63, 3.8) is 0 Å². The van der Waals surface area contributed by atoms with Crippen LogP contribution in [0.1, 0.15) is 34.1 Å². The first kappa shape index (κ1) is 24.8. The molecule has 0 aliphatic carbocycles. The average molecular weight is 466 g/mol. The highest BCUT2D eigenvalue weighted by Gasteiger charge is 2.32. The number of hydrogen-bond acceptors (Lipinski definition) is 7. The van der Waals surface area contributed by atoms with Crippen LogP contribution in [0.15, 0.2) is 42.5 Å². The second-order valence-corrected chi connectivity index (χ2v) is 8.59. The molecule has 0 saturated carbocycles. The standard InChI is InChI=1S/C21H23FN2O7S/c1-5-18(24(32(4,28)29)17-8-6-15(22)7-9-17)19(25)23-16-11-13(20(26)30-2)10-14(12-16)21(27)31-3/h6-12,18H,5H2,1-4H3,(H,23,25)/t18-/m0/s1. The van der Waals surface area contributed by atoms with E-state index in [1.807, 2.05) is 0 Å². The van der Waals surface area contributed by atoms with E-state index < -0.39 is 39.7 Å². The second-order valence-electron chi connectivity index (χ2n) is 6.73. The Morgan fingerprint density at radius 3 is 1.91 bits per heavy atom. The third-order valence-electron chi connectivity index (χ3n) is 4.45. The molecular formula is C21H23FN2O7S. The van der Waals surface area contributed by atoms with Crippen LogP contribution in [-0.4, -0.2) is 52.8 Å². The monoisotopic (exact) mass is 466 g/mol. The third kappa shape index (κ3) is 5.82. The van der Waals surface area contributed by atoms with Gasteiger partial charge in [0.25, 0.3) is 0 Å². The van der Waals surface area contributed by atoms with Crippen LogP contribution in [0.5, 0.6) is 0 Å². The van der Waals surface area contributed by atoms with Crippen molar-refractivity contribution >= 4 is 39.2 Å². The quantitative estimate of drug-likeness (QED) is 0.594. The molecule has 11 heteroatoms. The van der Waals surface area contributed by atoms with E-state index in [2.05, 4.69) is 14.8 Å². The lowest BCUT2D eigenvalue weighted by Gasteiger charge is -2.30. The van der Waals surface area contributed by atoms with Gasteiger partial charge in [-0.3, -0.25) is 9.10 Å². The number of halogens is 1. The van der Waals surface area contributed by atoms with E-state index in [0.717, 1.165) is 36.9 Å². The van der Waals surface area contributed by atoms with Crippen molar-refractivity contribution in [2.45, 2.75) is 19.4 Å². The molecule has 0 spiro atoms. The summed E-state index contributed by atoms with van der Waals surface area (Å²) in [5.74, 6) is -2.78. The number of nitrogens with one attached hydrogen (secondary N) is 1. The predicted octanol–water partition coefficient (Wildman–Crippen LogP) is 2.58. The van der Waals surface area contributed by atoms with Crippen molar-refractivity contribution < 1.29 is 36.7 Å². The molecule has 1 atom stereocenters. The minimum absolute atomic E-state index is 0.0164. The summed E-state index contributed by atoms with van der Waals surface area (Å²) in [6.45, 7) is 1.61. The Morgan fingerprint density at radius 1 is 1.00 bits per heavy atom. The van der Waals surface area contributed by atoms with Gasteiger partial charge in [0.05, 0.1) is 37.3 Å². The molecule has 2 aromatic rings. The van der Waals surface area contributed by atoms with Crippen LogP contribution >= 0.6 is 0 Å². The molecule has 9 nitrogen and oxygen atoms in total. The molecule has 0 aliphatic heterocycles. The number of nitrogens with zero attached hydrogens (tertiary/aromatic N) is 1. The molecule has 32 heavy (non-hydrogen) atoms. The molecule has 0 radical (unpaired) electrons. The van der Waals surface area contributed by atoms with Gasteiger partial charge in [0.15, 0.2) is 0 Å². The van der Waals surface area contributed by atoms with Gasteiger partial charge in [-0.25, -0.2) is 22.4 Å². The number of rotatable bonds is 8. The molecule has 0 unspecified atom stereocenters. The molecular weight excluding hydrogens is 443 g/mol. The molecule has 0 bridgehead atoms. The Bertz CT molecular complexity index is 1080. The van der Waals surface area contributed by atoms with Crippen LogP contribution in [0.25, 0.3) is 0 Å². The Balaban J connectivity index is 2.46. The van der Waals surface area contributed by atoms with Gasteiger partial charge in [0, 0.05) is 5.69 Å². The molecule has 2 rings (SSSR count). The summed E-state index contributed by atoms with van der Waals surface area (Å²) >= 11 is 0. The van der Waals surface area contributed by atoms with Crippen molar-refractivity contribution in [1.82, 2.24) is 0 Å². The van der Waals surface area contributed by atoms with Gasteiger partial charge in [-0.2, -0.15) is 0 Å². The molecule has 0 heterocycles. The topological polar surface area (TPSA) is 119 Å². The summed E-state index contributed by atoms with van der Waals surface area (Å²) in [6.07, 6.45) is 1.01. The lowest BCUT2D eigenvalue weighted by molar-refractivity contribution is -0.117. The number of anilines is 2. The fraction of sp³-hybridized carbons (Fsp3) is 0.286. The third-order valence-corrected chi connectivity index (χ3v) is 5.63. The molecule has 0 fully saturated rings. The van der Waals surface area contributed by atoms with E-state index in [9.17, 15) is 27.2 Å². The number of carbonyl (C=O) groups excluding carboxylic acids is 3. The normalized spacial score (nSPS) is 11.9. The maximum Gasteiger partial charge on any atom is 0.337 e. The highest BCUT2D eigenvalue weighted by molar-refractivity contribution is 7.92. The number of sulfonamides is 1. The number of amides is 1. The largest absolute Gasteiger partial charge is 0.465 e. The van der Waals surface area contributed by atoms with Gasteiger partial charge >= 0.3 is 11.9 Å². The molecule has 1 amide bonds. The van der Waals surface area contributed by atoms with Crippen molar-refractivity contribution in [3.8, 4) is 0 Å². The zero-order valence-corrected chi connectivity index (χ0v) is 18.7. The van der Waals surface area contributed by atoms with Gasteiger partial charge in [0.2, 0.25) is 15.9 Å². The highest BCUT2D eigenvalue weighted by Crippen LogP contribution is 2.24. The van der Waals surface area contributed by atoms with E-state index in [1.54, 1.807) is 6.92 Å². The summed E-state index contributed by atoms with van der Waals surface area (Å²) in [6, 6.07) is 7.28. The van der Waals surface area contributed by atoms with Gasteiger partial charge in [-0.05, 0) is 48.9 Å². The van der Waals surface area contributed by atoms with Crippen LogP contribution in [0.4, 0.5) is 15.8 Å². The highest BCUT2D eigenvalue weighted by atomic mass is 32.2. The van der Waals surface area contributed by atoms with Gasteiger partial charge in [-0.1, -0.05) is 6.92 Å². The number of carbonyl (C=O) groups is 3. The zero-order chi connectivity index (χ0) is 24.1. The van der Waals surface area contributed by atoms with E-state index in [0.29, 0.717) is 0 Å². The predicted molar refractivity (Wildman–Crippen MR) is 116 cm³/mol. The van der Waals surface area contributed by atoms with Crippen molar-refractivity contribution in [2.75, 3.05) is 30.1 Å². The number of hydrogen-bond donors (Lipinski definition) is 1. The molecule has 172 valence electrons. The minimum atomic E-state index is -3.93. The zero-order valence-electron chi connectivity index (χ0n) is 17.9. The van der Waals surface area contributed by atoms with E-state index in [4.69, 9.17) is 0 Å². The fourth-order valence-electron chi connectivity index (χ4n) is 3.05. The van der Waals surface area contributed by atoms with Crippen molar-refractivity contribution in [2.24, 2.45) is 0 Å². The van der Waals surface area contributed by atoms with Crippen molar-refractivity contribution in [1.29, 1.82) is 0 Å². The summed E-state index contributed by atoms with van der Waals surface area (Å²) in [5, 5.41) is 2.53. The average Bonchev–Trinajstić information content (AvgIpc) is 2.75. The second kappa shape index (κ2) is 10.2. The lowest BCUT2D eigenvalue weighted by Crippen LogP contribution is -2.47. The molecule has 0 saturated heterocycles. The van der Waals surface area contributed by atoms with Crippen LogP contribution in [0.2, 0.25) is 0 Å². The van der Waals surface area contributed by atoms with E-state index in [-0.39, 0.29) is 28.9 Å². The molecule has 1 N–H and O–H groups in total. The SMILES string of the molecule is CC[C@@H](C(=O)Nc1cc(C(=O)OC)cc(C(=O)OC)c1)N(c1ccc(F)cc1)S(C)(=O)=O. The van der Waals surface area contributed by atoms with E-state index in [1.165, 1.54) is 30.3 Å². The van der Waals surface area contributed by atoms with Crippen LogP contribution < -0.4 is 9.62 Å². The maximum atomic E-state index is 13.3. The Kier molecular flexibility index (Phi) is 7.92. The summed E-state index contributed by atoms with van der Waals surface area (Å²) in [7, 11) is -1.61. The summed E-state index contributed by atoms with van der Waals surface area (Å²) in [5.41, 5.74) is 0.133. The Labute approximate surface area is 185 Å². The Morgan fingerprint density at radius 2 is 1.50 bits per heavy atom. The first-order valence-electron chi connectivity index (χ1n) is 9.39. The van der Waals surface area contributed by atoms with Crippen LogP contribution in [0.3, 0.4) is 0 Å². The maximum absolute atomic E-state index is 13.3. The number of methoxy groups -OCH3 is 2. The molecule has 0 aromatic heterocycles. The first-order valence-corrected chi connectivity index (χ1v) is 11.2. The fourth-order valence-corrected chi connectivity index (χ4v) is 4.26. The summed E-state index contributed by atoms with van der Waals surface area (Å²) in [4.78, 5) is 37.0. The lowest BCUT2D eigenvalue weighted by atomic mass is 10.1. The summed E-state index contributed by atoms with van der Waals surface area (Å²) < 4.78 is 48.5. The van der Waals surface area contributed by atoms with E-state index >= 15 is 0 Å². The number of ether oxygens (including phenoxy) is 2. The first-order chi connectivity index (χ1) is 15.0. The van der Waals surface area contributed by atoms with Gasteiger partial charge in [-0.15, -0.1) is 0 Å². The van der Waals surface area contributed by atoms with Gasteiger partial charge in [0.1, 0.15) is 11.9 Å². The number of esters is 2. The van der Waals surface area contributed by atoms with Crippen LogP contribution in [0, 0.1) is 5.82 Å². The molecule has 2 aromatic carbocycles. The smallest absolute Gasteiger partial charge is 0.337 e. The number of benzene rings is 2. The molecule has 0 aliphatic rings. The van der Waals surface area contributed by atoms with Crippen molar-refractivity contribution in [3.05, 3.63) is 59.4 Å². The minimum Gasteiger partial charge on any atom is -0.465 e.